The lowest BCUT2D eigenvalue weighted by Gasteiger charge is -2.12. The Hall–Kier alpha value is -2.55. The molecule has 0 atom stereocenters. The number of hydrogen-bond donors (Lipinski definition) is 1. The number of para-hydroxylation sites is 1. The molecule has 0 unspecified atom stereocenters. The van der Waals surface area contributed by atoms with Crippen molar-refractivity contribution in [3.8, 4) is 11.8 Å². The van der Waals surface area contributed by atoms with Crippen LogP contribution in [0, 0.1) is 21.4 Å². The van der Waals surface area contributed by atoms with Crippen molar-refractivity contribution in [1.29, 1.82) is 5.26 Å². The number of ether oxygens (including phenoxy) is 1. The third kappa shape index (κ3) is 3.26. The van der Waals surface area contributed by atoms with Gasteiger partial charge in [-0.2, -0.15) is 5.26 Å². The van der Waals surface area contributed by atoms with Crippen molar-refractivity contribution in [3.63, 3.8) is 0 Å². The van der Waals surface area contributed by atoms with Crippen molar-refractivity contribution >= 4 is 11.4 Å². The van der Waals surface area contributed by atoms with Crippen molar-refractivity contribution in [2.75, 3.05) is 6.61 Å². The van der Waals surface area contributed by atoms with E-state index in [1.165, 1.54) is 12.1 Å². The van der Waals surface area contributed by atoms with E-state index in [1.54, 1.807) is 13.0 Å². The fourth-order valence-electron chi connectivity index (χ4n) is 1.84. The number of allylic oxidation sites excluding steroid dienone is 1. The van der Waals surface area contributed by atoms with Crippen molar-refractivity contribution in [2.24, 2.45) is 5.73 Å². The number of hydrogen-bond acceptors (Lipinski definition) is 5. The maximum absolute atomic E-state index is 11.0. The Morgan fingerprint density at radius 3 is 2.70 bits per heavy atom. The molecule has 2 N–H and O–H groups in total. The predicted molar refractivity (Wildman–Crippen MR) is 75.9 cm³/mol. The quantitative estimate of drug-likeness (QED) is 0.488. The molecule has 0 saturated heterocycles. The second-order valence-corrected chi connectivity index (χ2v) is 4.10. The smallest absolute Gasteiger partial charge is 0.311 e. The van der Waals surface area contributed by atoms with E-state index in [0.29, 0.717) is 17.6 Å². The number of nitrogens with two attached hydrogens (primary N) is 1. The van der Waals surface area contributed by atoms with E-state index in [0.717, 1.165) is 6.42 Å². The standard InChI is InChI=1S/C14H17N3O3/c1-3-6-10(9-15)13(16)11-7-5-8-12(17(18)19)14(11)20-4-2/h5,7-8H,3-4,6,16H2,1-2H3/b13-10-. The van der Waals surface area contributed by atoms with E-state index in [1.807, 2.05) is 13.0 Å². The van der Waals surface area contributed by atoms with Gasteiger partial charge in [-0.1, -0.05) is 19.4 Å². The molecule has 1 aromatic rings. The largest absolute Gasteiger partial charge is 0.487 e. The monoisotopic (exact) mass is 275 g/mol. The van der Waals surface area contributed by atoms with Crippen LogP contribution in [0.1, 0.15) is 32.3 Å². The van der Waals surface area contributed by atoms with Gasteiger partial charge in [-0.05, 0) is 19.4 Å². The Bertz CT molecular complexity index is 574. The van der Waals surface area contributed by atoms with Crippen molar-refractivity contribution < 1.29 is 9.66 Å². The summed E-state index contributed by atoms with van der Waals surface area (Å²) in [5.74, 6) is 0.112. The van der Waals surface area contributed by atoms with Gasteiger partial charge in [0, 0.05) is 11.6 Å². The second-order valence-electron chi connectivity index (χ2n) is 4.10. The van der Waals surface area contributed by atoms with E-state index in [-0.39, 0.29) is 23.7 Å². The average Bonchev–Trinajstić information content (AvgIpc) is 2.44. The fraction of sp³-hybridized carbons (Fsp3) is 0.357. The Kier molecular flexibility index (Phi) is 5.54. The van der Waals surface area contributed by atoms with Gasteiger partial charge in [0.25, 0.3) is 0 Å². The molecule has 0 aliphatic rings. The fourth-order valence-corrected chi connectivity index (χ4v) is 1.84. The molecule has 106 valence electrons. The summed E-state index contributed by atoms with van der Waals surface area (Å²) in [7, 11) is 0. The third-order valence-corrected chi connectivity index (χ3v) is 2.73. The van der Waals surface area contributed by atoms with Gasteiger partial charge in [-0.15, -0.1) is 0 Å². The lowest BCUT2D eigenvalue weighted by Crippen LogP contribution is -2.06. The summed E-state index contributed by atoms with van der Waals surface area (Å²) in [4.78, 5) is 10.5. The van der Waals surface area contributed by atoms with Crippen molar-refractivity contribution in [3.05, 3.63) is 39.4 Å². The van der Waals surface area contributed by atoms with Crippen LogP contribution >= 0.6 is 0 Å². The average molecular weight is 275 g/mol. The van der Waals surface area contributed by atoms with E-state index in [9.17, 15) is 10.1 Å². The molecule has 0 fully saturated rings. The Morgan fingerprint density at radius 1 is 1.50 bits per heavy atom. The minimum absolute atomic E-state index is 0.112. The van der Waals surface area contributed by atoms with Gasteiger partial charge in [0.05, 0.1) is 28.9 Å². The lowest BCUT2D eigenvalue weighted by molar-refractivity contribution is -0.385. The van der Waals surface area contributed by atoms with Crippen LogP contribution in [-0.4, -0.2) is 11.5 Å². The molecule has 20 heavy (non-hydrogen) atoms. The molecule has 0 amide bonds. The molecule has 0 radical (unpaired) electrons. The number of benzene rings is 1. The maximum atomic E-state index is 11.0. The Balaban J connectivity index is 3.48. The van der Waals surface area contributed by atoms with Crippen LogP contribution in [0.5, 0.6) is 5.75 Å². The van der Waals surface area contributed by atoms with Crippen molar-refractivity contribution in [2.45, 2.75) is 26.7 Å². The molecular weight excluding hydrogens is 258 g/mol. The van der Waals surface area contributed by atoms with E-state index in [4.69, 9.17) is 15.7 Å². The van der Waals surface area contributed by atoms with Gasteiger partial charge in [0.2, 0.25) is 5.75 Å². The van der Waals surface area contributed by atoms with Crippen LogP contribution in [0.15, 0.2) is 23.8 Å². The minimum Gasteiger partial charge on any atom is -0.487 e. The van der Waals surface area contributed by atoms with Gasteiger partial charge in [-0.3, -0.25) is 10.1 Å². The summed E-state index contributed by atoms with van der Waals surface area (Å²) >= 11 is 0. The summed E-state index contributed by atoms with van der Waals surface area (Å²) < 4.78 is 5.36. The molecule has 0 aromatic heterocycles. The molecule has 6 heteroatoms. The van der Waals surface area contributed by atoms with E-state index < -0.39 is 4.92 Å². The zero-order valence-corrected chi connectivity index (χ0v) is 11.5. The number of nitro benzene ring substituents is 1. The first kappa shape index (κ1) is 15.5. The summed E-state index contributed by atoms with van der Waals surface area (Å²) in [6.45, 7) is 3.94. The molecule has 1 aromatic carbocycles. The summed E-state index contributed by atoms with van der Waals surface area (Å²) in [6, 6.07) is 6.56. The highest BCUT2D eigenvalue weighted by atomic mass is 16.6. The molecule has 6 nitrogen and oxygen atoms in total. The Labute approximate surface area is 117 Å². The zero-order valence-electron chi connectivity index (χ0n) is 11.5. The predicted octanol–water partition coefficient (Wildman–Crippen LogP) is 2.99. The first-order valence-corrected chi connectivity index (χ1v) is 6.36. The first-order valence-electron chi connectivity index (χ1n) is 6.36. The summed E-state index contributed by atoms with van der Waals surface area (Å²) in [6.07, 6.45) is 1.29. The van der Waals surface area contributed by atoms with Gasteiger partial charge >= 0.3 is 5.69 Å². The Morgan fingerprint density at radius 2 is 2.20 bits per heavy atom. The highest BCUT2D eigenvalue weighted by Crippen LogP contribution is 2.35. The van der Waals surface area contributed by atoms with E-state index >= 15 is 0 Å². The van der Waals surface area contributed by atoms with Crippen LogP contribution in [-0.2, 0) is 0 Å². The van der Waals surface area contributed by atoms with Gasteiger partial charge in [0.15, 0.2) is 0 Å². The molecule has 0 bridgehead atoms. The number of rotatable bonds is 6. The first-order chi connectivity index (χ1) is 9.56. The molecule has 0 heterocycles. The van der Waals surface area contributed by atoms with Gasteiger partial charge in [0.1, 0.15) is 0 Å². The van der Waals surface area contributed by atoms with Crippen LogP contribution in [0.4, 0.5) is 5.69 Å². The molecule has 0 saturated carbocycles. The highest BCUT2D eigenvalue weighted by Gasteiger charge is 2.21. The van der Waals surface area contributed by atoms with Crippen molar-refractivity contribution in [1.82, 2.24) is 0 Å². The number of nitro groups is 1. The summed E-state index contributed by atoms with van der Waals surface area (Å²) in [5.41, 5.74) is 6.88. The topological polar surface area (TPSA) is 102 Å². The molecule has 0 aliphatic carbocycles. The third-order valence-electron chi connectivity index (χ3n) is 2.73. The summed E-state index contributed by atoms with van der Waals surface area (Å²) in [5, 5.41) is 20.2. The van der Waals surface area contributed by atoms with Crippen LogP contribution < -0.4 is 10.5 Å². The maximum Gasteiger partial charge on any atom is 0.311 e. The second kappa shape index (κ2) is 7.14. The lowest BCUT2D eigenvalue weighted by atomic mass is 10.0. The molecule has 1 rings (SSSR count). The van der Waals surface area contributed by atoms with Gasteiger partial charge in [-0.25, -0.2) is 0 Å². The molecular formula is C14H17N3O3. The normalized spacial score (nSPS) is 11.4. The van der Waals surface area contributed by atoms with Crippen LogP contribution in [0.2, 0.25) is 0 Å². The highest BCUT2D eigenvalue weighted by molar-refractivity contribution is 5.76. The number of nitrogens with zero attached hydrogens (tertiary/aromatic N) is 2. The SMILES string of the molecule is CCC/C(C#N)=C(/N)c1cccc([N+](=O)[O-])c1OCC. The van der Waals surface area contributed by atoms with Crippen LogP contribution in [0.3, 0.4) is 0 Å². The van der Waals surface area contributed by atoms with Crippen LogP contribution in [0.25, 0.3) is 5.70 Å². The van der Waals surface area contributed by atoms with Gasteiger partial charge < -0.3 is 10.5 Å². The molecule has 0 spiro atoms. The molecule has 0 aliphatic heterocycles. The zero-order chi connectivity index (χ0) is 15.1. The minimum atomic E-state index is -0.520. The number of nitriles is 1. The van der Waals surface area contributed by atoms with E-state index in [2.05, 4.69) is 0 Å².